The number of pyridine rings is 1. The SMILES string of the molecule is CC(C)N(CCO)C(=O)C[C@@]1(c2ccccc2)CC(=O)N(CCCOc2cccnc2)C1=O. The predicted octanol–water partition coefficient (Wildman–Crippen LogP) is 2.17. The molecule has 0 aliphatic carbocycles. The van der Waals surface area contributed by atoms with Gasteiger partial charge >= 0.3 is 0 Å². The standard InChI is InChI=1S/C25H31N3O5/c1-19(2)27(13-14-29)22(30)16-25(20-8-4-3-5-9-20)17-23(31)28(24(25)32)12-7-15-33-21-10-6-11-26-18-21/h3-6,8-11,18-19,29H,7,12-17H2,1-2H3/t25-/m0/s1. The number of rotatable bonds is 11. The van der Waals surface area contributed by atoms with Gasteiger partial charge in [0.05, 0.1) is 24.8 Å². The molecule has 2 aromatic rings. The lowest BCUT2D eigenvalue weighted by Gasteiger charge is -2.32. The van der Waals surface area contributed by atoms with E-state index in [2.05, 4.69) is 4.98 Å². The molecule has 176 valence electrons. The van der Waals surface area contributed by atoms with E-state index in [0.717, 1.165) is 0 Å². The van der Waals surface area contributed by atoms with Crippen molar-refractivity contribution in [2.24, 2.45) is 0 Å². The fraction of sp³-hybridized carbons (Fsp3) is 0.440. The van der Waals surface area contributed by atoms with Crippen molar-refractivity contribution in [3.63, 3.8) is 0 Å². The van der Waals surface area contributed by atoms with Gasteiger partial charge in [0, 0.05) is 38.2 Å². The third-order valence-electron chi connectivity index (χ3n) is 5.90. The van der Waals surface area contributed by atoms with E-state index >= 15 is 0 Å². The Balaban J connectivity index is 1.77. The van der Waals surface area contributed by atoms with Gasteiger partial charge in [-0.25, -0.2) is 0 Å². The second kappa shape index (κ2) is 11.0. The van der Waals surface area contributed by atoms with Crippen molar-refractivity contribution < 1.29 is 24.2 Å². The van der Waals surface area contributed by atoms with Crippen LogP contribution in [0.4, 0.5) is 0 Å². The van der Waals surface area contributed by atoms with Gasteiger partial charge in [0.15, 0.2) is 0 Å². The maximum absolute atomic E-state index is 13.6. The van der Waals surface area contributed by atoms with Crippen molar-refractivity contribution in [3.8, 4) is 5.75 Å². The summed E-state index contributed by atoms with van der Waals surface area (Å²) in [6, 6.07) is 12.4. The van der Waals surface area contributed by atoms with Crippen molar-refractivity contribution in [3.05, 3.63) is 60.4 Å². The Labute approximate surface area is 194 Å². The Morgan fingerprint density at radius 3 is 2.61 bits per heavy atom. The summed E-state index contributed by atoms with van der Waals surface area (Å²) in [6.45, 7) is 4.28. The van der Waals surface area contributed by atoms with E-state index in [9.17, 15) is 19.5 Å². The van der Waals surface area contributed by atoms with Crippen LogP contribution in [0, 0.1) is 0 Å². The van der Waals surface area contributed by atoms with Crippen molar-refractivity contribution in [2.45, 2.75) is 44.6 Å². The first-order valence-corrected chi connectivity index (χ1v) is 11.2. The van der Waals surface area contributed by atoms with Crippen LogP contribution in [0.2, 0.25) is 0 Å². The molecule has 1 saturated heterocycles. The molecule has 0 unspecified atom stereocenters. The van der Waals surface area contributed by atoms with Gasteiger partial charge in [0.25, 0.3) is 0 Å². The summed E-state index contributed by atoms with van der Waals surface area (Å²) >= 11 is 0. The number of aromatic nitrogens is 1. The van der Waals surface area contributed by atoms with E-state index in [4.69, 9.17) is 4.74 Å². The highest BCUT2D eigenvalue weighted by Gasteiger charge is 2.53. The summed E-state index contributed by atoms with van der Waals surface area (Å²) in [6.07, 6.45) is 3.54. The minimum Gasteiger partial charge on any atom is -0.492 e. The highest BCUT2D eigenvalue weighted by molar-refractivity contribution is 6.10. The lowest BCUT2D eigenvalue weighted by molar-refractivity contribution is -0.143. The highest BCUT2D eigenvalue weighted by Crippen LogP contribution is 2.40. The van der Waals surface area contributed by atoms with Gasteiger partial charge in [-0.2, -0.15) is 0 Å². The lowest BCUT2D eigenvalue weighted by atomic mass is 9.75. The number of nitrogens with zero attached hydrogens (tertiary/aromatic N) is 3. The second-order valence-corrected chi connectivity index (χ2v) is 8.45. The normalized spacial score (nSPS) is 18.1. The number of amides is 3. The van der Waals surface area contributed by atoms with Crippen molar-refractivity contribution in [1.29, 1.82) is 0 Å². The summed E-state index contributed by atoms with van der Waals surface area (Å²) in [7, 11) is 0. The molecule has 8 heteroatoms. The molecule has 1 aromatic heterocycles. The summed E-state index contributed by atoms with van der Waals surface area (Å²) in [4.78, 5) is 46.5. The Hall–Kier alpha value is -3.26. The minimum absolute atomic E-state index is 0.0594. The average Bonchev–Trinajstić information content (AvgIpc) is 3.05. The number of imide groups is 1. The molecule has 1 aliphatic heterocycles. The third-order valence-corrected chi connectivity index (χ3v) is 5.90. The van der Waals surface area contributed by atoms with Gasteiger partial charge in [-0.3, -0.25) is 24.3 Å². The molecule has 0 saturated carbocycles. The van der Waals surface area contributed by atoms with E-state index in [1.807, 2.05) is 19.9 Å². The van der Waals surface area contributed by atoms with Crippen LogP contribution in [0.5, 0.6) is 5.75 Å². The van der Waals surface area contributed by atoms with E-state index < -0.39 is 5.41 Å². The highest BCUT2D eigenvalue weighted by atomic mass is 16.5. The van der Waals surface area contributed by atoms with Gasteiger partial charge in [-0.05, 0) is 38.0 Å². The van der Waals surface area contributed by atoms with Crippen molar-refractivity contribution >= 4 is 17.7 Å². The van der Waals surface area contributed by atoms with Crippen LogP contribution < -0.4 is 4.74 Å². The molecule has 1 atom stereocenters. The maximum Gasteiger partial charge on any atom is 0.240 e. The second-order valence-electron chi connectivity index (χ2n) is 8.45. The molecule has 0 bridgehead atoms. The molecule has 1 aromatic carbocycles. The number of hydrogen-bond donors (Lipinski definition) is 1. The van der Waals surface area contributed by atoms with E-state index in [0.29, 0.717) is 24.3 Å². The number of aliphatic hydroxyl groups is 1. The van der Waals surface area contributed by atoms with Crippen molar-refractivity contribution in [1.82, 2.24) is 14.8 Å². The molecule has 33 heavy (non-hydrogen) atoms. The quantitative estimate of drug-likeness (QED) is 0.413. The number of ether oxygens (including phenoxy) is 1. The van der Waals surface area contributed by atoms with E-state index in [-0.39, 0.29) is 56.3 Å². The Morgan fingerprint density at radius 2 is 1.97 bits per heavy atom. The summed E-state index contributed by atoms with van der Waals surface area (Å²) in [5.41, 5.74) is -0.596. The van der Waals surface area contributed by atoms with Gasteiger partial charge < -0.3 is 14.7 Å². The summed E-state index contributed by atoms with van der Waals surface area (Å²) in [5.74, 6) is -0.290. The largest absolute Gasteiger partial charge is 0.492 e. The first kappa shape index (κ1) is 24.4. The molecule has 0 spiro atoms. The molecule has 3 amide bonds. The molecule has 3 rings (SSSR count). The Morgan fingerprint density at radius 1 is 1.21 bits per heavy atom. The molecular weight excluding hydrogens is 422 g/mol. The number of hydrogen-bond acceptors (Lipinski definition) is 6. The molecule has 2 heterocycles. The molecule has 1 N–H and O–H groups in total. The predicted molar refractivity (Wildman–Crippen MR) is 122 cm³/mol. The van der Waals surface area contributed by atoms with Crippen LogP contribution >= 0.6 is 0 Å². The molecule has 1 aliphatic rings. The van der Waals surface area contributed by atoms with Gasteiger partial charge in [-0.15, -0.1) is 0 Å². The number of aliphatic hydroxyl groups excluding tert-OH is 1. The summed E-state index contributed by atoms with van der Waals surface area (Å²) < 4.78 is 5.63. The smallest absolute Gasteiger partial charge is 0.240 e. The van der Waals surface area contributed by atoms with E-state index in [1.165, 1.54) is 4.90 Å². The van der Waals surface area contributed by atoms with Crippen molar-refractivity contribution in [2.75, 3.05) is 26.3 Å². The number of likely N-dealkylation sites (tertiary alicyclic amines) is 1. The molecular formula is C25H31N3O5. The number of benzene rings is 1. The fourth-order valence-electron chi connectivity index (χ4n) is 4.23. The van der Waals surface area contributed by atoms with Gasteiger partial charge in [0.2, 0.25) is 17.7 Å². The van der Waals surface area contributed by atoms with Gasteiger partial charge in [-0.1, -0.05) is 30.3 Å². The number of carbonyl (C=O) groups excluding carboxylic acids is 3. The zero-order chi connectivity index (χ0) is 23.8. The Bertz CT molecular complexity index is 951. The molecule has 1 fully saturated rings. The topological polar surface area (TPSA) is 100 Å². The van der Waals surface area contributed by atoms with Crippen LogP contribution in [-0.4, -0.2) is 70.0 Å². The zero-order valence-electron chi connectivity index (χ0n) is 19.1. The molecule has 0 radical (unpaired) electrons. The summed E-state index contributed by atoms with van der Waals surface area (Å²) in [5, 5.41) is 9.38. The third kappa shape index (κ3) is 5.57. The first-order chi connectivity index (χ1) is 15.9. The number of carbonyl (C=O) groups is 3. The Kier molecular flexibility index (Phi) is 8.16. The van der Waals surface area contributed by atoms with Crippen LogP contribution in [0.15, 0.2) is 54.9 Å². The van der Waals surface area contributed by atoms with Gasteiger partial charge in [0.1, 0.15) is 5.75 Å². The van der Waals surface area contributed by atoms with Crippen LogP contribution in [0.1, 0.15) is 38.7 Å². The average molecular weight is 454 g/mol. The monoisotopic (exact) mass is 453 g/mol. The first-order valence-electron chi connectivity index (χ1n) is 11.2. The minimum atomic E-state index is -1.25. The lowest BCUT2D eigenvalue weighted by Crippen LogP contribution is -2.46. The van der Waals surface area contributed by atoms with Crippen LogP contribution in [0.25, 0.3) is 0 Å². The molecule has 8 nitrogen and oxygen atoms in total. The van der Waals surface area contributed by atoms with E-state index in [1.54, 1.807) is 53.7 Å². The van der Waals surface area contributed by atoms with Crippen LogP contribution in [-0.2, 0) is 19.8 Å². The zero-order valence-corrected chi connectivity index (χ0v) is 19.1. The fourth-order valence-corrected chi connectivity index (χ4v) is 4.23. The maximum atomic E-state index is 13.6. The van der Waals surface area contributed by atoms with Crippen LogP contribution in [0.3, 0.4) is 0 Å².